The van der Waals surface area contributed by atoms with Crippen molar-refractivity contribution >= 4 is 17.7 Å². The molecule has 0 aliphatic heterocycles. The van der Waals surface area contributed by atoms with Crippen LogP contribution < -0.4 is 5.32 Å². The van der Waals surface area contributed by atoms with Crippen LogP contribution >= 0.6 is 11.8 Å². The number of carbonyl (C=O) groups is 1. The first-order valence-electron chi connectivity index (χ1n) is 7.69. The van der Waals surface area contributed by atoms with E-state index in [1.165, 1.54) is 0 Å². The van der Waals surface area contributed by atoms with Gasteiger partial charge < -0.3 is 10.4 Å². The van der Waals surface area contributed by atoms with Crippen LogP contribution in [0, 0.1) is 6.92 Å². The third-order valence-electron chi connectivity index (χ3n) is 3.83. The van der Waals surface area contributed by atoms with Gasteiger partial charge in [-0.2, -0.15) is 0 Å². The summed E-state index contributed by atoms with van der Waals surface area (Å²) < 4.78 is 0. The molecule has 0 spiro atoms. The lowest BCUT2D eigenvalue weighted by Crippen LogP contribution is -2.34. The van der Waals surface area contributed by atoms with Crippen molar-refractivity contribution in [2.45, 2.75) is 37.3 Å². The number of rotatable bonds is 6. The van der Waals surface area contributed by atoms with Crippen LogP contribution in [-0.2, 0) is 0 Å². The Bertz CT molecular complexity index is 658. The van der Waals surface area contributed by atoms with Crippen molar-refractivity contribution in [1.82, 2.24) is 5.32 Å². The van der Waals surface area contributed by atoms with E-state index in [1.807, 2.05) is 68.6 Å². The lowest BCUT2D eigenvalue weighted by molar-refractivity contribution is 0.0916. The molecule has 2 aromatic rings. The maximum Gasteiger partial charge on any atom is 0.251 e. The molecule has 0 saturated heterocycles. The fraction of sp³-hybridized carbons (Fsp3) is 0.316. The number of carbonyl (C=O) groups excluding carboxylic acids is 1. The molecule has 2 N–H and O–H groups in total. The Morgan fingerprint density at radius 1 is 1.22 bits per heavy atom. The molecule has 0 bridgehead atoms. The number of aryl methyl sites for hydroxylation is 1. The minimum Gasteiger partial charge on any atom is -0.388 e. The van der Waals surface area contributed by atoms with Crippen LogP contribution in [0.1, 0.15) is 40.9 Å². The first kappa shape index (κ1) is 17.6. The van der Waals surface area contributed by atoms with Gasteiger partial charge in [0, 0.05) is 16.5 Å². The largest absolute Gasteiger partial charge is 0.388 e. The number of nitrogens with one attached hydrogen (secondary N) is 1. The van der Waals surface area contributed by atoms with Crippen molar-refractivity contribution in [3.63, 3.8) is 0 Å². The van der Waals surface area contributed by atoms with Gasteiger partial charge >= 0.3 is 0 Å². The summed E-state index contributed by atoms with van der Waals surface area (Å²) in [5, 5.41) is 13.2. The highest BCUT2D eigenvalue weighted by molar-refractivity contribution is 7.98. The number of amides is 1. The first-order valence-corrected chi connectivity index (χ1v) is 8.92. The van der Waals surface area contributed by atoms with E-state index in [-0.39, 0.29) is 11.9 Å². The van der Waals surface area contributed by atoms with Crippen molar-refractivity contribution < 1.29 is 9.90 Å². The first-order chi connectivity index (χ1) is 11.0. The highest BCUT2D eigenvalue weighted by Gasteiger charge is 2.16. The highest BCUT2D eigenvalue weighted by atomic mass is 32.2. The third kappa shape index (κ3) is 4.85. The normalized spacial score (nSPS) is 13.4. The maximum absolute atomic E-state index is 12.5. The van der Waals surface area contributed by atoms with Gasteiger partial charge in [0.05, 0.1) is 6.10 Å². The molecule has 0 heterocycles. The Labute approximate surface area is 142 Å². The summed E-state index contributed by atoms with van der Waals surface area (Å²) in [6.45, 7) is 3.85. The lowest BCUT2D eigenvalue weighted by Gasteiger charge is -2.19. The number of thioether (sulfide) groups is 1. The van der Waals surface area contributed by atoms with Crippen molar-refractivity contribution in [1.29, 1.82) is 0 Å². The lowest BCUT2D eigenvalue weighted by atomic mass is 10.0. The smallest absolute Gasteiger partial charge is 0.251 e. The zero-order valence-corrected chi connectivity index (χ0v) is 14.6. The Kier molecular flexibility index (Phi) is 6.25. The maximum atomic E-state index is 12.5. The van der Waals surface area contributed by atoms with E-state index < -0.39 is 6.10 Å². The minimum atomic E-state index is -0.579. The van der Waals surface area contributed by atoms with E-state index in [9.17, 15) is 9.90 Å². The zero-order valence-electron chi connectivity index (χ0n) is 13.7. The second-order valence-electron chi connectivity index (χ2n) is 5.72. The van der Waals surface area contributed by atoms with Crippen molar-refractivity contribution in [3.05, 3.63) is 65.2 Å². The fourth-order valence-corrected chi connectivity index (χ4v) is 2.92. The van der Waals surface area contributed by atoms with Gasteiger partial charge in [-0.25, -0.2) is 0 Å². The molecule has 1 amide bonds. The van der Waals surface area contributed by atoms with Crippen LogP contribution in [0.4, 0.5) is 0 Å². The second kappa shape index (κ2) is 8.18. The van der Waals surface area contributed by atoms with E-state index in [0.29, 0.717) is 12.0 Å². The SMILES string of the molecule is CSc1ccc(C)c(C(=O)NC(C)CC(O)c2ccccc2)c1. The molecule has 4 heteroatoms. The fourth-order valence-electron chi connectivity index (χ4n) is 2.48. The van der Waals surface area contributed by atoms with Crippen molar-refractivity contribution in [2.75, 3.05) is 6.26 Å². The van der Waals surface area contributed by atoms with Gasteiger partial charge in [0.15, 0.2) is 0 Å². The molecule has 2 atom stereocenters. The van der Waals surface area contributed by atoms with E-state index in [1.54, 1.807) is 11.8 Å². The van der Waals surface area contributed by atoms with Gasteiger partial charge in [0.1, 0.15) is 0 Å². The number of hydrogen-bond donors (Lipinski definition) is 2. The van der Waals surface area contributed by atoms with E-state index in [2.05, 4.69) is 5.32 Å². The average molecular weight is 329 g/mol. The summed E-state index contributed by atoms with van der Waals surface area (Å²) in [5.74, 6) is -0.0915. The summed E-state index contributed by atoms with van der Waals surface area (Å²) in [4.78, 5) is 13.5. The molecule has 0 saturated carbocycles. The van der Waals surface area contributed by atoms with Crippen LogP contribution in [0.5, 0.6) is 0 Å². The molecule has 2 unspecified atom stereocenters. The van der Waals surface area contributed by atoms with Gasteiger partial charge in [-0.3, -0.25) is 4.79 Å². The summed E-state index contributed by atoms with van der Waals surface area (Å²) in [5.41, 5.74) is 2.52. The quantitative estimate of drug-likeness (QED) is 0.789. The van der Waals surface area contributed by atoms with Gasteiger partial charge in [-0.05, 0) is 49.8 Å². The molecule has 0 fully saturated rings. The number of benzene rings is 2. The predicted molar refractivity (Wildman–Crippen MR) is 95.9 cm³/mol. The molecule has 0 aliphatic carbocycles. The van der Waals surface area contributed by atoms with Crippen molar-refractivity contribution in [2.24, 2.45) is 0 Å². The molecule has 0 radical (unpaired) electrons. The Balaban J connectivity index is 2.00. The van der Waals surface area contributed by atoms with Gasteiger partial charge in [-0.1, -0.05) is 36.4 Å². The molecular weight excluding hydrogens is 306 g/mol. The average Bonchev–Trinajstić information content (AvgIpc) is 2.55. The predicted octanol–water partition coefficient (Wildman–Crippen LogP) is 3.96. The molecule has 2 rings (SSSR count). The number of aliphatic hydroxyl groups is 1. The van der Waals surface area contributed by atoms with Gasteiger partial charge in [-0.15, -0.1) is 11.8 Å². The second-order valence-corrected chi connectivity index (χ2v) is 6.60. The summed E-state index contributed by atoms with van der Waals surface area (Å²) >= 11 is 1.62. The highest BCUT2D eigenvalue weighted by Crippen LogP contribution is 2.20. The molecular formula is C19H23NO2S. The van der Waals surface area contributed by atoms with Crippen molar-refractivity contribution in [3.8, 4) is 0 Å². The van der Waals surface area contributed by atoms with E-state index in [4.69, 9.17) is 0 Å². The standard InChI is InChI=1S/C19H23NO2S/c1-13-9-10-16(23-3)12-17(13)19(22)20-14(2)11-18(21)15-7-5-4-6-8-15/h4-10,12,14,18,21H,11H2,1-3H3,(H,20,22). The topological polar surface area (TPSA) is 49.3 Å². The van der Waals surface area contributed by atoms with E-state index >= 15 is 0 Å². The van der Waals surface area contributed by atoms with Crippen LogP contribution in [0.25, 0.3) is 0 Å². The molecule has 2 aromatic carbocycles. The monoisotopic (exact) mass is 329 g/mol. The minimum absolute atomic E-state index is 0.0915. The Hall–Kier alpha value is -1.78. The van der Waals surface area contributed by atoms with Crippen LogP contribution in [-0.4, -0.2) is 23.3 Å². The molecule has 122 valence electrons. The molecule has 0 aliphatic rings. The summed E-state index contributed by atoms with van der Waals surface area (Å²) in [6, 6.07) is 15.3. The zero-order chi connectivity index (χ0) is 16.8. The van der Waals surface area contributed by atoms with Gasteiger partial charge in [0.2, 0.25) is 0 Å². The van der Waals surface area contributed by atoms with Crippen LogP contribution in [0.3, 0.4) is 0 Å². The summed E-state index contributed by atoms with van der Waals surface area (Å²) in [6.07, 6.45) is 1.90. The van der Waals surface area contributed by atoms with Gasteiger partial charge in [0.25, 0.3) is 5.91 Å². The van der Waals surface area contributed by atoms with E-state index in [0.717, 1.165) is 16.0 Å². The van der Waals surface area contributed by atoms with Crippen LogP contribution in [0.2, 0.25) is 0 Å². The Morgan fingerprint density at radius 2 is 1.91 bits per heavy atom. The number of aliphatic hydroxyl groups excluding tert-OH is 1. The summed E-state index contributed by atoms with van der Waals surface area (Å²) in [7, 11) is 0. The molecule has 23 heavy (non-hydrogen) atoms. The number of hydrogen-bond acceptors (Lipinski definition) is 3. The van der Waals surface area contributed by atoms with Crippen LogP contribution in [0.15, 0.2) is 53.4 Å². The molecule has 3 nitrogen and oxygen atoms in total. The third-order valence-corrected chi connectivity index (χ3v) is 4.55. The molecule has 0 aromatic heterocycles. The Morgan fingerprint density at radius 3 is 2.57 bits per heavy atom.